The number of amides is 2. The first kappa shape index (κ1) is 14.9. The fourth-order valence-corrected chi connectivity index (χ4v) is 2.31. The van der Waals surface area contributed by atoms with Crippen LogP contribution >= 0.6 is 0 Å². The molecule has 1 aliphatic rings. The van der Waals surface area contributed by atoms with Gasteiger partial charge in [0.1, 0.15) is 0 Å². The van der Waals surface area contributed by atoms with Gasteiger partial charge in [0.25, 0.3) is 0 Å². The number of hydrogen-bond donors (Lipinski definition) is 1. The number of nitrogens with zero attached hydrogens (tertiary/aromatic N) is 1. The van der Waals surface area contributed by atoms with E-state index >= 15 is 0 Å². The topological polar surface area (TPSA) is 32.3 Å². The smallest absolute Gasteiger partial charge is 0.321 e. The van der Waals surface area contributed by atoms with Crippen molar-refractivity contribution < 1.29 is 4.79 Å². The van der Waals surface area contributed by atoms with Crippen LogP contribution in [0, 0.1) is 6.92 Å². The average Bonchev–Trinajstić information content (AvgIpc) is 2.45. The number of allylic oxidation sites excluding steroid dienone is 4. The van der Waals surface area contributed by atoms with Crippen molar-refractivity contribution in [1.82, 2.24) is 10.2 Å². The number of benzene rings is 1. The van der Waals surface area contributed by atoms with Crippen LogP contribution in [0.1, 0.15) is 11.1 Å². The second-order valence-corrected chi connectivity index (χ2v) is 5.11. The molecule has 0 bridgehead atoms. The van der Waals surface area contributed by atoms with Crippen molar-refractivity contribution in [2.45, 2.75) is 6.92 Å². The van der Waals surface area contributed by atoms with Gasteiger partial charge in [0.2, 0.25) is 0 Å². The van der Waals surface area contributed by atoms with Crippen LogP contribution in [0.2, 0.25) is 0 Å². The largest absolute Gasteiger partial charge is 0.323 e. The lowest BCUT2D eigenvalue weighted by Crippen LogP contribution is -2.44. The van der Waals surface area contributed by atoms with Crippen molar-refractivity contribution in [2.24, 2.45) is 0 Å². The van der Waals surface area contributed by atoms with Gasteiger partial charge < -0.3 is 10.2 Å². The van der Waals surface area contributed by atoms with Gasteiger partial charge in [-0.25, -0.2) is 4.79 Å². The molecule has 1 saturated heterocycles. The van der Waals surface area contributed by atoms with Crippen LogP contribution in [0.25, 0.3) is 5.57 Å². The van der Waals surface area contributed by atoms with Gasteiger partial charge in [-0.2, -0.15) is 0 Å². The van der Waals surface area contributed by atoms with Crippen LogP contribution in [0.5, 0.6) is 0 Å². The molecule has 3 nitrogen and oxygen atoms in total. The monoisotopic (exact) mass is 280 g/mol. The molecule has 1 fully saturated rings. The molecule has 0 aliphatic carbocycles. The van der Waals surface area contributed by atoms with Crippen LogP contribution < -0.4 is 5.32 Å². The molecule has 21 heavy (non-hydrogen) atoms. The highest BCUT2D eigenvalue weighted by Gasteiger charge is 2.21. The Balaban J connectivity index is 2.35. The Bertz CT molecular complexity index is 653. The number of carbonyl (C=O) groups is 1. The number of nitrogens with one attached hydrogen (secondary N) is 1. The van der Waals surface area contributed by atoms with E-state index in [2.05, 4.69) is 37.5 Å². The Labute approximate surface area is 126 Å². The number of carbonyl (C=O) groups excluding carboxylic acids is 1. The molecule has 1 aromatic rings. The standard InChI is InChI=1S/C18H20N2O/c1-5-8-17-15(12-20(4)18(21)19-17)11-14(3)16-10-7-6-9-13(16)2/h5-11H,1,3,12H2,2,4H3,(H,19,21)/b15-11-,17-8+. The second kappa shape index (κ2) is 6.27. The maximum atomic E-state index is 11.7. The van der Waals surface area contributed by atoms with Gasteiger partial charge in [0.05, 0.1) is 0 Å². The summed E-state index contributed by atoms with van der Waals surface area (Å²) in [7, 11) is 1.77. The second-order valence-electron chi connectivity index (χ2n) is 5.11. The Kier molecular flexibility index (Phi) is 4.43. The van der Waals surface area contributed by atoms with Gasteiger partial charge in [-0.3, -0.25) is 0 Å². The van der Waals surface area contributed by atoms with E-state index in [0.29, 0.717) is 6.54 Å². The third-order valence-corrected chi connectivity index (χ3v) is 3.47. The maximum absolute atomic E-state index is 11.7. The Morgan fingerprint density at radius 1 is 1.38 bits per heavy atom. The first-order valence-electron chi connectivity index (χ1n) is 6.83. The van der Waals surface area contributed by atoms with Gasteiger partial charge in [-0.15, -0.1) is 0 Å². The highest BCUT2D eigenvalue weighted by atomic mass is 16.2. The number of urea groups is 1. The average molecular weight is 280 g/mol. The van der Waals surface area contributed by atoms with Crippen molar-refractivity contribution in [1.29, 1.82) is 0 Å². The minimum absolute atomic E-state index is 0.109. The first-order valence-corrected chi connectivity index (χ1v) is 6.83. The lowest BCUT2D eigenvalue weighted by atomic mass is 9.98. The summed E-state index contributed by atoms with van der Waals surface area (Å²) in [4.78, 5) is 13.4. The van der Waals surface area contributed by atoms with Crippen LogP contribution in [0.4, 0.5) is 4.79 Å². The SMILES string of the molecule is C=C/C=C1/NC(=O)N(C)C/C1=C/C(=C)c1ccccc1C. The summed E-state index contributed by atoms with van der Waals surface area (Å²) >= 11 is 0. The fourth-order valence-electron chi connectivity index (χ4n) is 2.31. The zero-order chi connectivity index (χ0) is 15.4. The Hall–Kier alpha value is -2.55. The van der Waals surface area contributed by atoms with E-state index in [9.17, 15) is 4.79 Å². The molecule has 2 amide bonds. The molecule has 1 aromatic carbocycles. The van der Waals surface area contributed by atoms with Gasteiger partial charge in [0.15, 0.2) is 0 Å². The van der Waals surface area contributed by atoms with Crippen LogP contribution in [0.15, 0.2) is 66.9 Å². The molecule has 2 rings (SSSR count). The molecule has 1 heterocycles. The lowest BCUT2D eigenvalue weighted by molar-refractivity contribution is 0.211. The number of likely N-dealkylation sites (N-methyl/N-ethyl adjacent to an activating group) is 1. The Morgan fingerprint density at radius 2 is 2.10 bits per heavy atom. The summed E-state index contributed by atoms with van der Waals surface area (Å²) in [5, 5.41) is 2.86. The number of aryl methyl sites for hydroxylation is 1. The fraction of sp³-hybridized carbons (Fsp3) is 0.167. The van der Waals surface area contributed by atoms with Crippen LogP contribution in [-0.4, -0.2) is 24.5 Å². The Morgan fingerprint density at radius 3 is 2.76 bits per heavy atom. The highest BCUT2D eigenvalue weighted by molar-refractivity contribution is 5.82. The lowest BCUT2D eigenvalue weighted by Gasteiger charge is -2.28. The van der Waals surface area contributed by atoms with E-state index in [4.69, 9.17) is 0 Å². The summed E-state index contributed by atoms with van der Waals surface area (Å²) in [6.07, 6.45) is 5.50. The highest BCUT2D eigenvalue weighted by Crippen LogP contribution is 2.23. The van der Waals surface area contributed by atoms with Crippen molar-refractivity contribution in [2.75, 3.05) is 13.6 Å². The van der Waals surface area contributed by atoms with E-state index in [-0.39, 0.29) is 6.03 Å². The van der Waals surface area contributed by atoms with Crippen molar-refractivity contribution in [3.05, 3.63) is 78.0 Å². The van der Waals surface area contributed by atoms with Crippen LogP contribution in [0.3, 0.4) is 0 Å². The summed E-state index contributed by atoms with van der Waals surface area (Å²) < 4.78 is 0. The molecule has 0 saturated carbocycles. The molecule has 1 N–H and O–H groups in total. The predicted octanol–water partition coefficient (Wildman–Crippen LogP) is 3.66. The number of rotatable bonds is 3. The van der Waals surface area contributed by atoms with Crippen LogP contribution in [-0.2, 0) is 0 Å². The van der Waals surface area contributed by atoms with Crippen molar-refractivity contribution in [3.8, 4) is 0 Å². The van der Waals surface area contributed by atoms with Gasteiger partial charge in [-0.1, -0.05) is 43.5 Å². The summed E-state index contributed by atoms with van der Waals surface area (Å²) in [6, 6.07) is 8.02. The molecule has 1 aliphatic heterocycles. The van der Waals surface area contributed by atoms with Gasteiger partial charge in [-0.05, 0) is 41.3 Å². The zero-order valence-corrected chi connectivity index (χ0v) is 12.5. The van der Waals surface area contributed by atoms with E-state index < -0.39 is 0 Å². The molecule has 0 aromatic heterocycles. The van der Waals surface area contributed by atoms with Crippen molar-refractivity contribution in [3.63, 3.8) is 0 Å². The molecular weight excluding hydrogens is 260 g/mol. The van der Waals surface area contributed by atoms with E-state index in [1.165, 1.54) is 5.56 Å². The van der Waals surface area contributed by atoms with Crippen molar-refractivity contribution >= 4 is 11.6 Å². The molecular formula is C18H20N2O. The zero-order valence-electron chi connectivity index (χ0n) is 12.5. The van der Waals surface area contributed by atoms with E-state index in [1.54, 1.807) is 18.0 Å². The summed E-state index contributed by atoms with van der Waals surface area (Å²) in [5.41, 5.74) is 5.03. The molecule has 108 valence electrons. The minimum Gasteiger partial charge on any atom is -0.323 e. The molecule has 3 heteroatoms. The quantitative estimate of drug-likeness (QED) is 0.900. The summed E-state index contributed by atoms with van der Waals surface area (Å²) in [6.45, 7) is 10.5. The molecule has 0 spiro atoms. The van der Waals surface area contributed by atoms with E-state index in [0.717, 1.165) is 22.4 Å². The molecule has 0 unspecified atom stereocenters. The third kappa shape index (κ3) is 3.31. The van der Waals surface area contributed by atoms with E-state index in [1.807, 2.05) is 24.3 Å². The predicted molar refractivity (Wildman–Crippen MR) is 87.7 cm³/mol. The normalized spacial score (nSPS) is 18.8. The first-order chi connectivity index (χ1) is 10.0. The molecule has 0 radical (unpaired) electrons. The maximum Gasteiger partial charge on any atom is 0.321 e. The third-order valence-electron chi connectivity index (χ3n) is 3.47. The summed E-state index contributed by atoms with van der Waals surface area (Å²) in [5.74, 6) is 0. The minimum atomic E-state index is -0.109. The van der Waals surface area contributed by atoms with Gasteiger partial charge in [0, 0.05) is 19.3 Å². The van der Waals surface area contributed by atoms with Gasteiger partial charge >= 0.3 is 6.03 Å². The molecule has 0 atom stereocenters. The number of hydrogen-bond acceptors (Lipinski definition) is 1.